The number of likely N-dealkylation sites (N-methyl/N-ethyl adjacent to an activating group) is 1. The number of aromatic hydroxyl groups is 1. The second-order valence-corrected chi connectivity index (χ2v) is 9.01. The van der Waals surface area contributed by atoms with Crippen LogP contribution in [0.5, 0.6) is 5.75 Å². The van der Waals surface area contributed by atoms with Crippen molar-refractivity contribution in [2.45, 2.75) is 29.2 Å². The van der Waals surface area contributed by atoms with E-state index < -0.39 is 0 Å². The van der Waals surface area contributed by atoms with Gasteiger partial charge in [-0.3, -0.25) is 9.69 Å². The molecule has 0 unspecified atom stereocenters. The van der Waals surface area contributed by atoms with E-state index in [4.69, 9.17) is 0 Å². The summed E-state index contributed by atoms with van der Waals surface area (Å²) in [6.45, 7) is 2.75. The molecule has 0 aliphatic carbocycles. The minimum atomic E-state index is -0.246. The van der Waals surface area contributed by atoms with E-state index >= 15 is 0 Å². The minimum absolute atomic E-state index is 0.0363. The van der Waals surface area contributed by atoms with Gasteiger partial charge in [-0.1, -0.05) is 12.1 Å². The van der Waals surface area contributed by atoms with Crippen molar-refractivity contribution in [1.29, 1.82) is 0 Å². The van der Waals surface area contributed by atoms with Crippen molar-refractivity contribution in [3.05, 3.63) is 59.9 Å². The van der Waals surface area contributed by atoms with Gasteiger partial charge in [-0.15, -0.1) is 11.8 Å². The maximum absolute atomic E-state index is 13.2. The number of rotatable bonds is 8. The van der Waals surface area contributed by atoms with Gasteiger partial charge in [0.25, 0.3) is 0 Å². The van der Waals surface area contributed by atoms with Crippen LogP contribution in [0.3, 0.4) is 0 Å². The molecule has 1 heterocycles. The number of thioether (sulfide) groups is 1. The van der Waals surface area contributed by atoms with Gasteiger partial charge < -0.3 is 15.3 Å². The number of phenolic OH excluding ortho intramolecular Hbond substituents is 1. The fraction of sp³-hybridized carbons (Fsp3) is 0.409. The van der Waals surface area contributed by atoms with Crippen LogP contribution in [0, 0.1) is 5.82 Å². The van der Waals surface area contributed by atoms with E-state index in [-0.39, 0.29) is 28.8 Å². The van der Waals surface area contributed by atoms with Crippen molar-refractivity contribution in [3.63, 3.8) is 0 Å². The molecule has 3 rings (SSSR count). The lowest BCUT2D eigenvalue weighted by Crippen LogP contribution is -2.44. The third-order valence-electron chi connectivity index (χ3n) is 4.94. The maximum atomic E-state index is 13.2. The number of hydrogen-bond donors (Lipinski definition) is 2. The third kappa shape index (κ3) is 6.45. The van der Waals surface area contributed by atoms with E-state index in [0.717, 1.165) is 30.0 Å². The summed E-state index contributed by atoms with van der Waals surface area (Å²) >= 11 is 1.68. The highest BCUT2D eigenvalue weighted by Gasteiger charge is 2.37. The lowest BCUT2D eigenvalue weighted by atomic mass is 10.1. The largest absolute Gasteiger partial charge is 0.508 e. The fourth-order valence-electron chi connectivity index (χ4n) is 3.51. The molecule has 1 saturated heterocycles. The Hall–Kier alpha value is -2.09. The third-order valence-corrected chi connectivity index (χ3v) is 6.16. The number of hydrogen-bond acceptors (Lipinski definition) is 5. The Labute approximate surface area is 175 Å². The van der Waals surface area contributed by atoms with Gasteiger partial charge in [0.15, 0.2) is 0 Å². The molecule has 5 nitrogen and oxygen atoms in total. The molecule has 156 valence electrons. The zero-order chi connectivity index (χ0) is 20.8. The first kappa shape index (κ1) is 21.6. The molecule has 7 heteroatoms. The van der Waals surface area contributed by atoms with Crippen LogP contribution in [0.15, 0.2) is 53.4 Å². The first-order valence-electron chi connectivity index (χ1n) is 9.77. The Morgan fingerprint density at radius 2 is 2.03 bits per heavy atom. The maximum Gasteiger partial charge on any atom is 0.237 e. The average molecular weight is 418 g/mol. The minimum Gasteiger partial charge on any atom is -0.508 e. The van der Waals surface area contributed by atoms with Gasteiger partial charge in [0, 0.05) is 36.3 Å². The highest BCUT2D eigenvalue weighted by atomic mass is 32.2. The number of amides is 1. The van der Waals surface area contributed by atoms with Crippen LogP contribution >= 0.6 is 11.8 Å². The Bertz CT molecular complexity index is 816. The monoisotopic (exact) mass is 417 g/mol. The lowest BCUT2D eigenvalue weighted by molar-refractivity contribution is -0.125. The summed E-state index contributed by atoms with van der Waals surface area (Å²) in [5, 5.41) is 13.0. The topological polar surface area (TPSA) is 55.8 Å². The van der Waals surface area contributed by atoms with Crippen LogP contribution in [-0.2, 0) is 11.3 Å². The molecule has 1 aliphatic heterocycles. The molecule has 2 atom stereocenters. The summed E-state index contributed by atoms with van der Waals surface area (Å²) in [6.07, 6.45) is 0.731. The van der Waals surface area contributed by atoms with Gasteiger partial charge in [0.1, 0.15) is 11.6 Å². The average Bonchev–Trinajstić information content (AvgIpc) is 3.05. The molecule has 2 aromatic carbocycles. The van der Waals surface area contributed by atoms with Gasteiger partial charge in [0.05, 0.1) is 6.04 Å². The Balaban J connectivity index is 1.68. The molecule has 2 N–H and O–H groups in total. The smallest absolute Gasteiger partial charge is 0.237 e. The van der Waals surface area contributed by atoms with Crippen molar-refractivity contribution in [1.82, 2.24) is 15.1 Å². The summed E-state index contributed by atoms with van der Waals surface area (Å²) in [4.78, 5) is 18.1. The number of carbonyl (C=O) groups is 1. The van der Waals surface area contributed by atoms with E-state index in [1.54, 1.807) is 36.0 Å². The van der Waals surface area contributed by atoms with Gasteiger partial charge in [-0.05, 0) is 62.5 Å². The number of halogens is 1. The summed E-state index contributed by atoms with van der Waals surface area (Å²) in [5.41, 5.74) is 0.975. The first-order chi connectivity index (χ1) is 13.9. The highest BCUT2D eigenvalue weighted by Crippen LogP contribution is 2.34. The van der Waals surface area contributed by atoms with Crippen LogP contribution in [0.4, 0.5) is 4.39 Å². The van der Waals surface area contributed by atoms with Crippen LogP contribution < -0.4 is 5.32 Å². The van der Waals surface area contributed by atoms with Crippen molar-refractivity contribution in [2.75, 3.05) is 33.7 Å². The number of nitrogens with zero attached hydrogens (tertiary/aromatic N) is 2. The predicted octanol–water partition coefficient (Wildman–Crippen LogP) is 2.94. The zero-order valence-electron chi connectivity index (χ0n) is 16.8. The molecule has 0 bridgehead atoms. The Morgan fingerprint density at radius 1 is 1.28 bits per heavy atom. The molecule has 0 spiro atoms. The highest BCUT2D eigenvalue weighted by molar-refractivity contribution is 8.00. The molecule has 1 aliphatic rings. The van der Waals surface area contributed by atoms with E-state index in [9.17, 15) is 14.3 Å². The van der Waals surface area contributed by atoms with E-state index in [1.807, 2.05) is 31.1 Å². The van der Waals surface area contributed by atoms with Crippen molar-refractivity contribution in [2.24, 2.45) is 0 Å². The van der Waals surface area contributed by atoms with Crippen LogP contribution in [0.2, 0.25) is 0 Å². The standard InChI is InChI=1S/C22H28FN3O2S/c1-25(2)11-10-24-22(28)21-13-20(29-19-8-6-17(23)7-9-19)15-26(21)14-16-4-3-5-18(27)12-16/h3-9,12,20-21,27H,10-11,13-15H2,1-2H3,(H,24,28)/t20-,21-/m0/s1. The molecule has 1 fully saturated rings. The number of phenols is 1. The molecule has 0 saturated carbocycles. The normalized spacial score (nSPS) is 19.6. The van der Waals surface area contributed by atoms with Gasteiger partial charge in [0.2, 0.25) is 5.91 Å². The van der Waals surface area contributed by atoms with E-state index in [1.165, 1.54) is 12.1 Å². The second-order valence-electron chi connectivity index (χ2n) is 7.64. The zero-order valence-corrected chi connectivity index (χ0v) is 17.7. The van der Waals surface area contributed by atoms with E-state index in [0.29, 0.717) is 13.1 Å². The number of nitrogens with one attached hydrogen (secondary N) is 1. The SMILES string of the molecule is CN(C)CCNC(=O)[C@@H]1C[C@H](Sc2ccc(F)cc2)CN1Cc1cccc(O)c1. The quantitative estimate of drug-likeness (QED) is 0.692. The van der Waals surface area contributed by atoms with Gasteiger partial charge >= 0.3 is 0 Å². The van der Waals surface area contributed by atoms with Crippen LogP contribution in [0.25, 0.3) is 0 Å². The van der Waals surface area contributed by atoms with Crippen LogP contribution in [0.1, 0.15) is 12.0 Å². The molecule has 1 amide bonds. The summed E-state index contributed by atoms with van der Waals surface area (Å²) < 4.78 is 13.2. The molecule has 29 heavy (non-hydrogen) atoms. The molecular formula is C22H28FN3O2S. The first-order valence-corrected chi connectivity index (χ1v) is 10.7. The number of likely N-dealkylation sites (tertiary alicyclic amines) is 1. The molecule has 0 radical (unpaired) electrons. The number of carbonyl (C=O) groups excluding carboxylic acids is 1. The van der Waals surface area contributed by atoms with Crippen molar-refractivity contribution < 1.29 is 14.3 Å². The van der Waals surface area contributed by atoms with Crippen molar-refractivity contribution >= 4 is 17.7 Å². The number of benzene rings is 2. The van der Waals surface area contributed by atoms with E-state index in [2.05, 4.69) is 10.2 Å². The molecule has 0 aromatic heterocycles. The van der Waals surface area contributed by atoms with Crippen LogP contribution in [-0.4, -0.2) is 65.8 Å². The van der Waals surface area contributed by atoms with Crippen molar-refractivity contribution in [3.8, 4) is 5.75 Å². The second kappa shape index (κ2) is 10.1. The summed E-state index contributed by atoms with van der Waals surface area (Å²) in [7, 11) is 3.95. The Morgan fingerprint density at radius 3 is 2.72 bits per heavy atom. The summed E-state index contributed by atoms with van der Waals surface area (Å²) in [6, 6.07) is 13.4. The molecule has 2 aromatic rings. The molecular weight excluding hydrogens is 389 g/mol. The Kier molecular flexibility index (Phi) is 7.52. The predicted molar refractivity (Wildman–Crippen MR) is 115 cm³/mol. The van der Waals surface area contributed by atoms with Gasteiger partial charge in [-0.25, -0.2) is 4.39 Å². The summed E-state index contributed by atoms with van der Waals surface area (Å²) in [5.74, 6) is 0.0181. The lowest BCUT2D eigenvalue weighted by Gasteiger charge is -2.24. The van der Waals surface area contributed by atoms with Gasteiger partial charge in [-0.2, -0.15) is 0 Å². The fourth-order valence-corrected chi connectivity index (χ4v) is 4.73.